The van der Waals surface area contributed by atoms with Crippen LogP contribution in [0.4, 0.5) is 4.79 Å². The second-order valence-electron chi connectivity index (χ2n) is 2.17. The molecule has 0 amide bonds. The number of halogens is 2. The summed E-state index contributed by atoms with van der Waals surface area (Å²) in [5, 5.41) is 0. The molecule has 0 heterocycles. The molecule has 11 heavy (non-hydrogen) atoms. The largest absolute Gasteiger partial charge is 0.475 e. The summed E-state index contributed by atoms with van der Waals surface area (Å²) >= 11 is 5.88. The number of hydrogen-bond acceptors (Lipinski definition) is 3. The van der Waals surface area contributed by atoms with Crippen LogP contribution < -0.4 is 0 Å². The lowest BCUT2D eigenvalue weighted by molar-refractivity contribution is 0.198. The predicted molar refractivity (Wildman–Crippen MR) is 55.6 cm³/mol. The van der Waals surface area contributed by atoms with Gasteiger partial charge >= 0.3 is 4.36 Å². The van der Waals surface area contributed by atoms with Crippen molar-refractivity contribution in [2.24, 2.45) is 0 Å². The maximum Gasteiger partial charge on any atom is 0.425 e. The Labute approximate surface area is 84.5 Å². The third-order valence-electron chi connectivity index (χ3n) is 0.379. The maximum absolute atomic E-state index is 10.2. The van der Waals surface area contributed by atoms with Gasteiger partial charge in [0, 0.05) is 0 Å². The lowest BCUT2D eigenvalue weighted by atomic mass is 10.2. The van der Waals surface area contributed by atoms with Crippen molar-refractivity contribution < 1.29 is 9.53 Å². The van der Waals surface area contributed by atoms with E-state index in [0.717, 1.165) is 0 Å². The van der Waals surface area contributed by atoms with Gasteiger partial charge in [0.25, 0.3) is 5.87 Å². The summed E-state index contributed by atoms with van der Waals surface area (Å²) in [6.45, 7) is 0. The summed E-state index contributed by atoms with van der Waals surface area (Å²) in [6, 6.07) is 0. The van der Waals surface area contributed by atoms with E-state index in [1.807, 2.05) is 26.0 Å². The van der Waals surface area contributed by atoms with Crippen LogP contribution in [0.25, 0.3) is 0 Å². The number of hydrogen-bond donors (Lipinski definition) is 0. The molecule has 0 unspecified atom stereocenters. The van der Waals surface area contributed by atoms with Crippen LogP contribution in [0.2, 0.25) is 0 Å². The minimum absolute atomic E-state index is 0.319. The zero-order chi connectivity index (χ0) is 9.44. The second-order valence-corrected chi connectivity index (χ2v) is 5.23. The van der Waals surface area contributed by atoms with Crippen molar-refractivity contribution in [1.82, 2.24) is 4.90 Å². The summed E-state index contributed by atoms with van der Waals surface area (Å²) in [4.78, 5) is 12.2. The van der Waals surface area contributed by atoms with Gasteiger partial charge in [-0.2, -0.15) is 0 Å². The highest BCUT2D eigenvalue weighted by atomic mass is 79.9. The van der Waals surface area contributed by atoms with Gasteiger partial charge in [-0.3, -0.25) is 4.79 Å². The Balaban J connectivity index is 0. The number of ether oxygens (including phenoxy) is 1. The van der Waals surface area contributed by atoms with Crippen LogP contribution in [-0.4, -0.2) is 43.4 Å². The third kappa shape index (κ3) is 17.9. The molecule has 0 atom stereocenters. The standard InChI is InChI=1S/C3H9N.C2H3BBr2O2/c1-4(2)3;1-7-2(6)3(4)5/h1-3H3;1H3. The van der Waals surface area contributed by atoms with Gasteiger partial charge in [0.15, 0.2) is 0 Å². The first-order valence-electron chi connectivity index (χ1n) is 2.88. The number of rotatable bonds is 1. The molecule has 0 saturated carbocycles. The van der Waals surface area contributed by atoms with Crippen molar-refractivity contribution in [1.29, 1.82) is 0 Å². The number of carbonyl (C=O) groups is 1. The fraction of sp³-hybridized carbons (Fsp3) is 0.800. The van der Waals surface area contributed by atoms with Crippen molar-refractivity contribution in [2.45, 2.75) is 0 Å². The highest BCUT2D eigenvalue weighted by molar-refractivity contribution is 9.50. The molecule has 0 N–H and O–H groups in total. The molecule has 66 valence electrons. The number of methoxy groups -OCH3 is 1. The molecule has 0 fully saturated rings. The first-order valence-corrected chi connectivity index (χ1v) is 4.71. The monoisotopic (exact) mass is 287 g/mol. The Bertz CT molecular complexity index is 108. The van der Waals surface area contributed by atoms with Crippen LogP contribution >= 0.6 is 31.5 Å². The van der Waals surface area contributed by atoms with Crippen LogP contribution in [0.15, 0.2) is 0 Å². The smallest absolute Gasteiger partial charge is 0.425 e. The van der Waals surface area contributed by atoms with Crippen LogP contribution in [0.3, 0.4) is 0 Å². The molecule has 0 aliphatic heterocycles. The van der Waals surface area contributed by atoms with Gasteiger partial charge in [0.05, 0.1) is 7.11 Å². The molecule has 0 aromatic carbocycles. The zero-order valence-corrected chi connectivity index (χ0v) is 10.3. The van der Waals surface area contributed by atoms with E-state index in [1.165, 1.54) is 7.11 Å². The van der Waals surface area contributed by atoms with Gasteiger partial charge in [-0.1, -0.05) is 0 Å². The van der Waals surface area contributed by atoms with E-state index in [9.17, 15) is 4.79 Å². The van der Waals surface area contributed by atoms with Gasteiger partial charge in [-0.05, 0) is 21.1 Å². The molecule has 0 bridgehead atoms. The molecule has 0 aromatic heterocycles. The normalized spacial score (nSPS) is 8.27. The van der Waals surface area contributed by atoms with Crippen molar-refractivity contribution in [3.63, 3.8) is 0 Å². The Morgan fingerprint density at radius 3 is 1.64 bits per heavy atom. The van der Waals surface area contributed by atoms with E-state index in [-0.39, 0.29) is 10.2 Å². The average molecular weight is 289 g/mol. The fourth-order valence-corrected chi connectivity index (χ4v) is 0.463. The summed E-state index contributed by atoms with van der Waals surface area (Å²) in [7, 11) is 7.33. The molecule has 0 aliphatic carbocycles. The van der Waals surface area contributed by atoms with E-state index in [1.54, 1.807) is 0 Å². The second kappa shape index (κ2) is 8.55. The quantitative estimate of drug-likeness (QED) is 0.689. The average Bonchev–Trinajstić information content (AvgIpc) is 1.85. The van der Waals surface area contributed by atoms with Crippen LogP contribution in [0.5, 0.6) is 0 Å². The van der Waals surface area contributed by atoms with Gasteiger partial charge in [0.1, 0.15) is 0 Å². The van der Waals surface area contributed by atoms with E-state index < -0.39 is 0 Å². The zero-order valence-electron chi connectivity index (χ0n) is 7.10. The Kier molecular flexibility index (Phi) is 10.9. The molecule has 0 spiro atoms. The highest BCUT2D eigenvalue weighted by Gasteiger charge is 2.15. The lowest BCUT2D eigenvalue weighted by Crippen LogP contribution is -2.10. The lowest BCUT2D eigenvalue weighted by Gasteiger charge is -1.91. The maximum atomic E-state index is 10.2. The van der Waals surface area contributed by atoms with Crippen molar-refractivity contribution in [3.8, 4) is 0 Å². The molecular formula is C5H12BBr2NO2. The minimum Gasteiger partial charge on any atom is -0.475 e. The number of carbonyl (C=O) groups excluding carboxylic acids is 1. The van der Waals surface area contributed by atoms with Crippen LogP contribution in [0.1, 0.15) is 0 Å². The fourth-order valence-electron chi connectivity index (χ4n) is 0.0891. The van der Waals surface area contributed by atoms with Crippen molar-refractivity contribution in [3.05, 3.63) is 0 Å². The molecule has 6 heteroatoms. The van der Waals surface area contributed by atoms with Gasteiger partial charge < -0.3 is 9.64 Å². The molecular weight excluding hydrogens is 277 g/mol. The third-order valence-corrected chi connectivity index (χ3v) is 1.13. The van der Waals surface area contributed by atoms with E-state index in [0.29, 0.717) is 0 Å². The molecule has 0 radical (unpaired) electrons. The van der Waals surface area contributed by atoms with Crippen molar-refractivity contribution >= 4 is 41.7 Å². The first kappa shape index (κ1) is 14.0. The van der Waals surface area contributed by atoms with Gasteiger partial charge in [0.2, 0.25) is 0 Å². The summed E-state index contributed by atoms with van der Waals surface area (Å²) < 4.78 is 3.91. The molecule has 0 aromatic rings. The van der Waals surface area contributed by atoms with E-state index >= 15 is 0 Å². The summed E-state index contributed by atoms with van der Waals surface area (Å²) in [5.41, 5.74) is 0. The summed E-state index contributed by atoms with van der Waals surface area (Å²) in [6.07, 6.45) is 0. The molecule has 0 saturated heterocycles. The highest BCUT2D eigenvalue weighted by Crippen LogP contribution is 2.03. The SMILES string of the molecule is CN(C)C.COC(=O)B(Br)Br. The van der Waals surface area contributed by atoms with Crippen molar-refractivity contribution in [2.75, 3.05) is 28.3 Å². The van der Waals surface area contributed by atoms with Crippen LogP contribution in [-0.2, 0) is 4.74 Å². The molecule has 0 aliphatic rings. The Hall–Kier alpha value is 0.455. The van der Waals surface area contributed by atoms with E-state index in [2.05, 4.69) is 36.3 Å². The topological polar surface area (TPSA) is 29.5 Å². The minimum atomic E-state index is -0.370. The first-order chi connectivity index (χ1) is 4.91. The Morgan fingerprint density at radius 2 is 1.64 bits per heavy atom. The van der Waals surface area contributed by atoms with E-state index in [4.69, 9.17) is 0 Å². The number of nitrogens with zero attached hydrogens (tertiary/aromatic N) is 1. The summed E-state index contributed by atoms with van der Waals surface area (Å²) in [5.74, 6) is -0.319. The molecule has 0 rings (SSSR count). The van der Waals surface area contributed by atoms with Gasteiger partial charge in [-0.25, -0.2) is 0 Å². The predicted octanol–water partition coefficient (Wildman–Crippen LogP) is 1.79. The van der Waals surface area contributed by atoms with Gasteiger partial charge in [-0.15, -0.1) is 31.5 Å². The Morgan fingerprint density at radius 1 is 1.36 bits per heavy atom. The van der Waals surface area contributed by atoms with Crippen LogP contribution in [0, 0.1) is 0 Å². The molecule has 3 nitrogen and oxygen atoms in total.